The van der Waals surface area contributed by atoms with E-state index in [9.17, 15) is 18.8 Å². The predicted octanol–water partition coefficient (Wildman–Crippen LogP) is 5.30. The lowest BCUT2D eigenvalue weighted by molar-refractivity contribution is -0.129. The summed E-state index contributed by atoms with van der Waals surface area (Å²) in [6.45, 7) is 4.91. The number of aromatic nitrogens is 1. The van der Waals surface area contributed by atoms with Crippen LogP contribution in [0.4, 0.5) is 10.1 Å². The van der Waals surface area contributed by atoms with Gasteiger partial charge in [0.1, 0.15) is 17.5 Å². The molecule has 1 heterocycles. The standard InChI is InChI=1S/C24H22ClFN2O3/c1-14-12-21(15(2)28(14)20-10-6-18(26)7-11-20)23(30)13-22(16(3)29)24(31)27-19-8-4-17(25)5-9-19/h4-12,22H,13H2,1-3H3,(H,27,31)/t22-/m1/s1. The van der Waals surface area contributed by atoms with E-state index in [-0.39, 0.29) is 18.0 Å². The summed E-state index contributed by atoms with van der Waals surface area (Å²) in [5.74, 6) is -2.72. The number of anilines is 1. The largest absolute Gasteiger partial charge is 0.325 e. The molecule has 1 N–H and O–H groups in total. The van der Waals surface area contributed by atoms with Gasteiger partial charge in [0.15, 0.2) is 5.78 Å². The van der Waals surface area contributed by atoms with Crippen molar-refractivity contribution in [2.45, 2.75) is 27.2 Å². The number of aryl methyl sites for hydroxylation is 1. The minimum atomic E-state index is -1.11. The molecule has 7 heteroatoms. The number of Topliss-reactive ketones (excluding diaryl/α,β-unsaturated/α-hetero) is 2. The lowest BCUT2D eigenvalue weighted by Crippen LogP contribution is -2.30. The summed E-state index contributed by atoms with van der Waals surface area (Å²) in [5.41, 5.74) is 3.08. The summed E-state index contributed by atoms with van der Waals surface area (Å²) in [7, 11) is 0. The second-order valence-electron chi connectivity index (χ2n) is 7.38. The molecular formula is C24H22ClFN2O3. The van der Waals surface area contributed by atoms with Gasteiger partial charge in [0.25, 0.3) is 0 Å². The van der Waals surface area contributed by atoms with Crippen molar-refractivity contribution in [2.75, 3.05) is 5.32 Å². The third-order valence-electron chi connectivity index (χ3n) is 5.12. The maximum Gasteiger partial charge on any atom is 0.235 e. The predicted molar refractivity (Wildman–Crippen MR) is 118 cm³/mol. The van der Waals surface area contributed by atoms with Gasteiger partial charge in [-0.3, -0.25) is 14.4 Å². The zero-order valence-electron chi connectivity index (χ0n) is 17.4. The third-order valence-corrected chi connectivity index (χ3v) is 5.38. The molecule has 0 bridgehead atoms. The number of nitrogens with zero attached hydrogens (tertiary/aromatic N) is 1. The molecule has 160 valence electrons. The van der Waals surface area contributed by atoms with Gasteiger partial charge in [-0.05, 0) is 75.4 Å². The zero-order chi connectivity index (χ0) is 22.7. The zero-order valence-corrected chi connectivity index (χ0v) is 18.2. The molecule has 0 spiro atoms. The van der Waals surface area contributed by atoms with Crippen molar-refractivity contribution in [3.05, 3.63) is 82.4 Å². The van der Waals surface area contributed by atoms with E-state index in [1.54, 1.807) is 49.4 Å². The number of hydrogen-bond donors (Lipinski definition) is 1. The van der Waals surface area contributed by atoms with E-state index >= 15 is 0 Å². The van der Waals surface area contributed by atoms with Gasteiger partial charge in [-0.2, -0.15) is 0 Å². The van der Waals surface area contributed by atoms with Crippen LogP contribution in [0.5, 0.6) is 0 Å². The highest BCUT2D eigenvalue weighted by molar-refractivity contribution is 6.30. The van der Waals surface area contributed by atoms with Crippen LogP contribution in [0.25, 0.3) is 5.69 Å². The van der Waals surface area contributed by atoms with Gasteiger partial charge in [0.2, 0.25) is 5.91 Å². The van der Waals surface area contributed by atoms with Gasteiger partial charge < -0.3 is 9.88 Å². The average molecular weight is 441 g/mol. The van der Waals surface area contributed by atoms with Crippen LogP contribution in [0.3, 0.4) is 0 Å². The Morgan fingerprint density at radius 3 is 2.23 bits per heavy atom. The van der Waals surface area contributed by atoms with Gasteiger partial charge in [-0.1, -0.05) is 11.6 Å². The highest BCUT2D eigenvalue weighted by Gasteiger charge is 2.28. The molecule has 31 heavy (non-hydrogen) atoms. The molecule has 3 rings (SSSR count). The van der Waals surface area contributed by atoms with Crippen LogP contribution in [0, 0.1) is 25.6 Å². The second kappa shape index (κ2) is 9.27. The lowest BCUT2D eigenvalue weighted by atomic mass is 9.94. The van der Waals surface area contributed by atoms with E-state index in [4.69, 9.17) is 11.6 Å². The molecule has 1 aromatic heterocycles. The summed E-state index contributed by atoms with van der Waals surface area (Å²) in [5, 5.41) is 3.18. The number of halogens is 2. The monoisotopic (exact) mass is 440 g/mol. The molecule has 3 aromatic rings. The van der Waals surface area contributed by atoms with E-state index in [0.29, 0.717) is 22.0 Å². The fourth-order valence-electron chi connectivity index (χ4n) is 3.51. The molecular weight excluding hydrogens is 419 g/mol. The third kappa shape index (κ3) is 5.09. The SMILES string of the molecule is CC(=O)[C@@H](CC(=O)c1cc(C)n(-c2ccc(F)cc2)c1C)C(=O)Nc1ccc(Cl)cc1. The van der Waals surface area contributed by atoms with E-state index < -0.39 is 17.6 Å². The van der Waals surface area contributed by atoms with Crippen LogP contribution < -0.4 is 5.32 Å². The quantitative estimate of drug-likeness (QED) is 0.400. The Labute approximate surface area is 184 Å². The number of carbonyl (C=O) groups is 3. The van der Waals surface area contributed by atoms with Crippen molar-refractivity contribution in [1.82, 2.24) is 4.57 Å². The van der Waals surface area contributed by atoms with Crippen LogP contribution in [-0.4, -0.2) is 22.0 Å². The molecule has 0 saturated heterocycles. The maximum atomic E-state index is 13.3. The molecule has 1 atom stereocenters. The lowest BCUT2D eigenvalue weighted by Gasteiger charge is -2.14. The fourth-order valence-corrected chi connectivity index (χ4v) is 3.64. The molecule has 0 unspecified atom stereocenters. The van der Waals surface area contributed by atoms with E-state index in [1.165, 1.54) is 19.1 Å². The number of carbonyl (C=O) groups excluding carboxylic acids is 3. The Morgan fingerprint density at radius 1 is 1.03 bits per heavy atom. The topological polar surface area (TPSA) is 68.2 Å². The minimum Gasteiger partial charge on any atom is -0.325 e. The molecule has 1 amide bonds. The van der Waals surface area contributed by atoms with Crippen molar-refractivity contribution in [2.24, 2.45) is 5.92 Å². The van der Waals surface area contributed by atoms with Crippen molar-refractivity contribution in [1.29, 1.82) is 0 Å². The summed E-state index contributed by atoms with van der Waals surface area (Å²) >= 11 is 5.85. The van der Waals surface area contributed by atoms with Gasteiger partial charge in [-0.25, -0.2) is 4.39 Å². The van der Waals surface area contributed by atoms with Gasteiger partial charge in [0.05, 0.1) is 0 Å². The Bertz CT molecular complexity index is 1130. The average Bonchev–Trinajstić information content (AvgIpc) is 3.02. The van der Waals surface area contributed by atoms with Crippen LogP contribution in [-0.2, 0) is 9.59 Å². The van der Waals surface area contributed by atoms with Crippen molar-refractivity contribution in [3.63, 3.8) is 0 Å². The number of benzene rings is 2. The Kier molecular flexibility index (Phi) is 6.71. The summed E-state index contributed by atoms with van der Waals surface area (Å²) in [4.78, 5) is 37.8. The molecule has 0 aliphatic heterocycles. The highest BCUT2D eigenvalue weighted by atomic mass is 35.5. The summed E-state index contributed by atoms with van der Waals surface area (Å²) in [6.07, 6.45) is -0.248. The Balaban J connectivity index is 1.82. The van der Waals surface area contributed by atoms with E-state index in [0.717, 1.165) is 11.4 Å². The van der Waals surface area contributed by atoms with E-state index in [2.05, 4.69) is 5.32 Å². The molecule has 2 aromatic carbocycles. The number of nitrogens with one attached hydrogen (secondary N) is 1. The molecule has 5 nitrogen and oxygen atoms in total. The molecule has 0 radical (unpaired) electrons. The highest BCUT2D eigenvalue weighted by Crippen LogP contribution is 2.24. The van der Waals surface area contributed by atoms with E-state index in [1.807, 2.05) is 11.5 Å². The first-order chi connectivity index (χ1) is 14.7. The Hall–Kier alpha value is -3.25. The number of rotatable bonds is 7. The van der Waals surface area contributed by atoms with Crippen LogP contribution in [0.1, 0.15) is 35.1 Å². The normalized spacial score (nSPS) is 11.8. The first-order valence-electron chi connectivity index (χ1n) is 9.72. The number of amides is 1. The molecule has 0 aliphatic carbocycles. The number of ketones is 2. The molecule has 0 saturated carbocycles. The first kappa shape index (κ1) is 22.4. The molecule has 0 fully saturated rings. The van der Waals surface area contributed by atoms with Crippen LogP contribution in [0.2, 0.25) is 5.02 Å². The molecule has 0 aliphatic rings. The van der Waals surface area contributed by atoms with Gasteiger partial charge in [-0.15, -0.1) is 0 Å². The maximum absolute atomic E-state index is 13.3. The second-order valence-corrected chi connectivity index (χ2v) is 7.82. The summed E-state index contributed by atoms with van der Waals surface area (Å²) in [6, 6.07) is 14.2. The van der Waals surface area contributed by atoms with Crippen molar-refractivity contribution < 1.29 is 18.8 Å². The smallest absolute Gasteiger partial charge is 0.235 e. The fraction of sp³-hybridized carbons (Fsp3) is 0.208. The Morgan fingerprint density at radius 2 is 1.65 bits per heavy atom. The van der Waals surface area contributed by atoms with Crippen LogP contribution in [0.15, 0.2) is 54.6 Å². The van der Waals surface area contributed by atoms with Crippen LogP contribution >= 0.6 is 11.6 Å². The first-order valence-corrected chi connectivity index (χ1v) is 10.1. The van der Waals surface area contributed by atoms with Crippen molar-refractivity contribution in [3.8, 4) is 5.69 Å². The van der Waals surface area contributed by atoms with Crippen molar-refractivity contribution >= 4 is 34.8 Å². The number of hydrogen-bond acceptors (Lipinski definition) is 3. The minimum absolute atomic E-state index is 0.248. The van der Waals surface area contributed by atoms with Gasteiger partial charge in [0, 0.05) is 39.8 Å². The summed E-state index contributed by atoms with van der Waals surface area (Å²) < 4.78 is 15.1. The van der Waals surface area contributed by atoms with Gasteiger partial charge >= 0.3 is 0 Å².